The topological polar surface area (TPSA) is 32.3 Å². The van der Waals surface area contributed by atoms with Gasteiger partial charge in [-0.15, -0.1) is 0 Å². The van der Waals surface area contributed by atoms with E-state index in [-0.39, 0.29) is 11.9 Å². The molecule has 0 radical (unpaired) electrons. The van der Waals surface area contributed by atoms with Crippen LogP contribution in [0.25, 0.3) is 0 Å². The fraction of sp³-hybridized carbons (Fsp3) is 0.455. The summed E-state index contributed by atoms with van der Waals surface area (Å²) in [6.07, 6.45) is -0.399. The predicted molar refractivity (Wildman–Crippen MR) is 54.4 cm³/mol. The van der Waals surface area contributed by atoms with Crippen LogP contribution in [0.5, 0.6) is 0 Å². The second-order valence-electron chi connectivity index (χ2n) is 3.54. The van der Waals surface area contributed by atoms with Crippen molar-refractivity contribution in [2.75, 3.05) is 0 Å². The lowest BCUT2D eigenvalue weighted by Gasteiger charge is -2.16. The van der Waals surface area contributed by atoms with Crippen LogP contribution >= 0.6 is 0 Å². The third-order valence-corrected chi connectivity index (χ3v) is 2.24. The van der Waals surface area contributed by atoms with Gasteiger partial charge in [0.15, 0.2) is 0 Å². The zero-order chi connectivity index (χ0) is 10.6. The first-order chi connectivity index (χ1) is 6.59. The highest BCUT2D eigenvalue weighted by molar-refractivity contribution is 5.16. The maximum absolute atomic E-state index is 12.8. The third kappa shape index (κ3) is 3.44. The van der Waals surface area contributed by atoms with E-state index in [1.54, 1.807) is 13.0 Å². The summed E-state index contributed by atoms with van der Waals surface area (Å²) in [7, 11) is 0. The van der Waals surface area contributed by atoms with Crippen molar-refractivity contribution in [3.63, 3.8) is 0 Å². The Bertz CT molecular complexity index is 288. The normalized spacial score (nSPS) is 15.1. The van der Waals surface area contributed by atoms with Crippen molar-refractivity contribution in [1.29, 1.82) is 0 Å². The maximum atomic E-state index is 12.8. The molecule has 0 aliphatic heterocycles. The van der Waals surface area contributed by atoms with Crippen molar-refractivity contribution >= 4 is 0 Å². The van der Waals surface area contributed by atoms with Gasteiger partial charge in [-0.2, -0.15) is 0 Å². The lowest BCUT2D eigenvalue weighted by atomic mass is 10.2. The Morgan fingerprint density at radius 1 is 1.43 bits per heavy atom. The highest BCUT2D eigenvalue weighted by Gasteiger charge is 2.07. The van der Waals surface area contributed by atoms with Gasteiger partial charge >= 0.3 is 0 Å². The highest BCUT2D eigenvalue weighted by Crippen LogP contribution is 2.03. The lowest BCUT2D eigenvalue weighted by molar-refractivity contribution is 0.152. The van der Waals surface area contributed by atoms with Crippen LogP contribution < -0.4 is 5.32 Å². The van der Waals surface area contributed by atoms with Gasteiger partial charge in [-0.25, -0.2) is 4.39 Å². The van der Waals surface area contributed by atoms with E-state index in [1.807, 2.05) is 13.0 Å². The van der Waals surface area contributed by atoms with Crippen LogP contribution in [0.3, 0.4) is 0 Å². The van der Waals surface area contributed by atoms with E-state index in [0.717, 1.165) is 5.56 Å². The van der Waals surface area contributed by atoms with E-state index in [4.69, 9.17) is 0 Å². The van der Waals surface area contributed by atoms with Gasteiger partial charge in [0, 0.05) is 12.6 Å². The van der Waals surface area contributed by atoms with Crippen molar-refractivity contribution in [3.05, 3.63) is 35.6 Å². The average molecular weight is 197 g/mol. The van der Waals surface area contributed by atoms with E-state index in [1.165, 1.54) is 12.1 Å². The van der Waals surface area contributed by atoms with Gasteiger partial charge in [-0.05, 0) is 31.5 Å². The smallest absolute Gasteiger partial charge is 0.123 e. The summed E-state index contributed by atoms with van der Waals surface area (Å²) in [5.74, 6) is -0.228. The fourth-order valence-electron chi connectivity index (χ4n) is 1.10. The van der Waals surface area contributed by atoms with Crippen molar-refractivity contribution in [2.45, 2.75) is 32.5 Å². The van der Waals surface area contributed by atoms with Gasteiger partial charge in [0.25, 0.3) is 0 Å². The molecule has 0 bridgehead atoms. The van der Waals surface area contributed by atoms with E-state index in [0.29, 0.717) is 6.54 Å². The van der Waals surface area contributed by atoms with Crippen molar-refractivity contribution < 1.29 is 9.50 Å². The summed E-state index contributed by atoms with van der Waals surface area (Å²) in [4.78, 5) is 0. The molecule has 1 rings (SSSR count). The molecular weight excluding hydrogens is 181 g/mol. The molecule has 2 nitrogen and oxygen atoms in total. The largest absolute Gasteiger partial charge is 0.392 e. The molecule has 0 saturated carbocycles. The van der Waals surface area contributed by atoms with E-state index in [9.17, 15) is 9.50 Å². The Morgan fingerprint density at radius 2 is 2.14 bits per heavy atom. The highest BCUT2D eigenvalue weighted by atomic mass is 19.1. The van der Waals surface area contributed by atoms with Crippen LogP contribution in [0.1, 0.15) is 19.4 Å². The monoisotopic (exact) mass is 197 g/mol. The van der Waals surface area contributed by atoms with E-state index in [2.05, 4.69) is 5.32 Å². The van der Waals surface area contributed by atoms with Gasteiger partial charge < -0.3 is 10.4 Å². The lowest BCUT2D eigenvalue weighted by Crippen LogP contribution is -2.34. The molecule has 0 spiro atoms. The summed E-state index contributed by atoms with van der Waals surface area (Å²) in [6.45, 7) is 4.19. The molecule has 0 amide bonds. The molecule has 2 atom stereocenters. The quantitative estimate of drug-likeness (QED) is 0.769. The van der Waals surface area contributed by atoms with Crippen molar-refractivity contribution in [2.24, 2.45) is 0 Å². The van der Waals surface area contributed by atoms with Crippen LogP contribution in [0.15, 0.2) is 24.3 Å². The fourth-order valence-corrected chi connectivity index (χ4v) is 1.10. The average Bonchev–Trinajstić information content (AvgIpc) is 2.14. The summed E-state index contributed by atoms with van der Waals surface area (Å²) < 4.78 is 12.8. The minimum atomic E-state index is -0.399. The van der Waals surface area contributed by atoms with Crippen LogP contribution in [0, 0.1) is 5.82 Å². The molecule has 1 aromatic rings. The molecule has 0 aliphatic rings. The molecule has 3 heteroatoms. The molecule has 0 heterocycles. The Morgan fingerprint density at radius 3 is 2.71 bits per heavy atom. The van der Waals surface area contributed by atoms with Crippen molar-refractivity contribution in [3.8, 4) is 0 Å². The summed E-state index contributed by atoms with van der Waals surface area (Å²) in [5, 5.41) is 12.3. The Labute approximate surface area is 83.8 Å². The minimum Gasteiger partial charge on any atom is -0.392 e. The molecule has 14 heavy (non-hydrogen) atoms. The standard InChI is InChI=1S/C11H16FNO/c1-8(9(2)14)13-7-10-4-3-5-11(12)6-10/h3-6,8-9,13-14H,7H2,1-2H3. The molecule has 1 aromatic carbocycles. The van der Waals surface area contributed by atoms with Crippen LogP contribution in [-0.2, 0) is 6.54 Å². The number of hydrogen-bond acceptors (Lipinski definition) is 2. The second-order valence-corrected chi connectivity index (χ2v) is 3.54. The molecule has 78 valence electrons. The number of hydrogen-bond donors (Lipinski definition) is 2. The van der Waals surface area contributed by atoms with Crippen LogP contribution in [0.2, 0.25) is 0 Å². The van der Waals surface area contributed by atoms with E-state index >= 15 is 0 Å². The summed E-state index contributed by atoms with van der Waals surface area (Å²) >= 11 is 0. The Balaban J connectivity index is 2.45. The molecule has 0 aromatic heterocycles. The Kier molecular flexibility index (Phi) is 4.04. The molecule has 2 N–H and O–H groups in total. The number of aliphatic hydroxyl groups is 1. The molecule has 0 aliphatic carbocycles. The summed E-state index contributed by atoms with van der Waals surface area (Å²) in [5.41, 5.74) is 0.887. The second kappa shape index (κ2) is 5.08. The van der Waals surface area contributed by atoms with Gasteiger partial charge in [0.05, 0.1) is 6.10 Å². The van der Waals surface area contributed by atoms with Gasteiger partial charge in [-0.1, -0.05) is 12.1 Å². The van der Waals surface area contributed by atoms with Gasteiger partial charge in [0.2, 0.25) is 0 Å². The van der Waals surface area contributed by atoms with Crippen LogP contribution in [-0.4, -0.2) is 17.3 Å². The third-order valence-electron chi connectivity index (χ3n) is 2.24. The van der Waals surface area contributed by atoms with Gasteiger partial charge in [0.1, 0.15) is 5.82 Å². The Hall–Kier alpha value is -0.930. The zero-order valence-electron chi connectivity index (χ0n) is 8.50. The SMILES string of the molecule is CC(O)C(C)NCc1cccc(F)c1. The molecule has 0 fully saturated rings. The van der Waals surface area contributed by atoms with Crippen LogP contribution in [0.4, 0.5) is 4.39 Å². The number of halogens is 1. The van der Waals surface area contributed by atoms with Crippen molar-refractivity contribution in [1.82, 2.24) is 5.32 Å². The molecular formula is C11H16FNO. The maximum Gasteiger partial charge on any atom is 0.123 e. The zero-order valence-corrected chi connectivity index (χ0v) is 8.50. The first-order valence-corrected chi connectivity index (χ1v) is 4.75. The summed E-state index contributed by atoms with van der Waals surface area (Å²) in [6, 6.07) is 6.45. The van der Waals surface area contributed by atoms with E-state index < -0.39 is 6.10 Å². The predicted octanol–water partition coefficient (Wildman–Crippen LogP) is 1.68. The minimum absolute atomic E-state index is 0.0123. The number of aliphatic hydroxyl groups excluding tert-OH is 1. The van der Waals surface area contributed by atoms with Gasteiger partial charge in [-0.3, -0.25) is 0 Å². The number of rotatable bonds is 4. The molecule has 2 unspecified atom stereocenters. The molecule has 0 saturated heterocycles. The number of nitrogens with one attached hydrogen (secondary N) is 1. The first kappa shape index (κ1) is 11.1. The first-order valence-electron chi connectivity index (χ1n) is 4.75. The number of benzene rings is 1.